The van der Waals surface area contributed by atoms with Crippen LogP contribution in [-0.4, -0.2) is 9.78 Å². The Morgan fingerprint density at radius 3 is 2.86 bits per heavy atom. The summed E-state index contributed by atoms with van der Waals surface area (Å²) in [6, 6.07) is 11.3. The van der Waals surface area contributed by atoms with Gasteiger partial charge in [0.05, 0.1) is 5.69 Å². The predicted octanol–water partition coefficient (Wildman–Crippen LogP) is 3.66. The lowest BCUT2D eigenvalue weighted by Gasteiger charge is -2.22. The van der Waals surface area contributed by atoms with Gasteiger partial charge in [0.1, 0.15) is 0 Å². The number of benzene rings is 1. The Morgan fingerprint density at radius 2 is 2.10 bits per heavy atom. The molecule has 1 aromatic heterocycles. The van der Waals surface area contributed by atoms with Crippen molar-refractivity contribution in [3.63, 3.8) is 0 Å². The van der Waals surface area contributed by atoms with Gasteiger partial charge in [0.15, 0.2) is 0 Å². The van der Waals surface area contributed by atoms with Crippen molar-refractivity contribution < 1.29 is 0 Å². The van der Waals surface area contributed by atoms with Gasteiger partial charge in [-0.25, -0.2) is 0 Å². The van der Waals surface area contributed by atoms with Gasteiger partial charge in [0.2, 0.25) is 0 Å². The molecular weight excluding hydrogens is 258 g/mol. The van der Waals surface area contributed by atoms with Crippen molar-refractivity contribution in [3.05, 3.63) is 53.3 Å². The lowest BCUT2D eigenvalue weighted by atomic mass is 9.88. The average Bonchev–Trinajstić information content (AvgIpc) is 2.89. The molecule has 2 N–H and O–H groups in total. The Morgan fingerprint density at radius 1 is 1.29 bits per heavy atom. The number of aromatic nitrogens is 2. The lowest BCUT2D eigenvalue weighted by molar-refractivity contribution is 0.395. The van der Waals surface area contributed by atoms with Crippen molar-refractivity contribution in [1.82, 2.24) is 9.78 Å². The van der Waals surface area contributed by atoms with Crippen LogP contribution in [0, 0.1) is 5.92 Å². The van der Waals surface area contributed by atoms with E-state index < -0.39 is 0 Å². The van der Waals surface area contributed by atoms with Crippen molar-refractivity contribution in [3.8, 4) is 0 Å². The highest BCUT2D eigenvalue weighted by molar-refractivity contribution is 5.31. The van der Waals surface area contributed by atoms with Crippen molar-refractivity contribution in [2.75, 3.05) is 0 Å². The Balaban J connectivity index is 1.79. The molecule has 0 saturated carbocycles. The molecule has 0 fully saturated rings. The first-order valence-electron chi connectivity index (χ1n) is 8.02. The highest BCUT2D eigenvalue weighted by Gasteiger charge is 2.25. The van der Waals surface area contributed by atoms with Crippen LogP contribution in [0.15, 0.2) is 36.5 Å². The quantitative estimate of drug-likeness (QED) is 0.874. The monoisotopic (exact) mass is 283 g/mol. The molecule has 1 aliphatic rings. The molecule has 1 aliphatic carbocycles. The molecule has 3 nitrogen and oxygen atoms in total. The third-order valence-corrected chi connectivity index (χ3v) is 4.61. The number of nitrogens with zero attached hydrogens (tertiary/aromatic N) is 2. The van der Waals surface area contributed by atoms with Crippen LogP contribution in [0.25, 0.3) is 0 Å². The van der Waals surface area contributed by atoms with Gasteiger partial charge in [-0.05, 0) is 62.6 Å². The topological polar surface area (TPSA) is 43.8 Å². The smallest absolute Gasteiger partial charge is 0.0628 e. The summed E-state index contributed by atoms with van der Waals surface area (Å²) < 4.78 is 2.03. The molecule has 112 valence electrons. The molecule has 0 bridgehead atoms. The second-order valence-corrected chi connectivity index (χ2v) is 6.46. The molecule has 2 unspecified atom stereocenters. The Kier molecular flexibility index (Phi) is 4.11. The van der Waals surface area contributed by atoms with E-state index in [0.717, 1.165) is 12.8 Å². The van der Waals surface area contributed by atoms with Gasteiger partial charge >= 0.3 is 0 Å². The van der Waals surface area contributed by atoms with E-state index in [1.165, 1.54) is 29.7 Å². The molecule has 2 aromatic rings. The van der Waals surface area contributed by atoms with Gasteiger partial charge in [-0.3, -0.25) is 4.68 Å². The molecule has 1 heterocycles. The summed E-state index contributed by atoms with van der Waals surface area (Å²) in [7, 11) is 0. The van der Waals surface area contributed by atoms with Crippen LogP contribution in [0.2, 0.25) is 0 Å². The molecule has 3 heteroatoms. The average molecular weight is 283 g/mol. The second-order valence-electron chi connectivity index (χ2n) is 6.46. The summed E-state index contributed by atoms with van der Waals surface area (Å²) in [6.07, 6.45) is 6.62. The fourth-order valence-corrected chi connectivity index (χ4v) is 3.35. The van der Waals surface area contributed by atoms with Crippen LogP contribution in [0.5, 0.6) is 0 Å². The van der Waals surface area contributed by atoms with Gasteiger partial charge in [-0.1, -0.05) is 24.3 Å². The first kappa shape index (κ1) is 14.3. The SMILES string of the molecule is CC(C)n1ccc(CC2CCCc3ccccc3C2N)n1. The Bertz CT molecular complexity index is 600. The minimum Gasteiger partial charge on any atom is -0.324 e. The number of aryl methyl sites for hydroxylation is 1. The summed E-state index contributed by atoms with van der Waals surface area (Å²) in [5.74, 6) is 0.490. The van der Waals surface area contributed by atoms with Crippen LogP contribution in [-0.2, 0) is 12.8 Å². The van der Waals surface area contributed by atoms with Crippen molar-refractivity contribution in [2.45, 2.75) is 51.6 Å². The zero-order valence-corrected chi connectivity index (χ0v) is 13.0. The molecule has 0 amide bonds. The number of nitrogens with two attached hydrogens (primary N) is 1. The summed E-state index contributed by atoms with van der Waals surface area (Å²) in [6.45, 7) is 4.31. The van der Waals surface area contributed by atoms with E-state index >= 15 is 0 Å². The maximum absolute atomic E-state index is 6.57. The fourth-order valence-electron chi connectivity index (χ4n) is 3.35. The minimum absolute atomic E-state index is 0.132. The van der Waals surface area contributed by atoms with Crippen molar-refractivity contribution in [2.24, 2.45) is 11.7 Å². The predicted molar refractivity (Wildman–Crippen MR) is 86.1 cm³/mol. The molecule has 0 saturated heterocycles. The van der Waals surface area contributed by atoms with E-state index in [-0.39, 0.29) is 6.04 Å². The van der Waals surface area contributed by atoms with E-state index in [1.807, 2.05) is 4.68 Å². The molecule has 1 aromatic carbocycles. The highest BCUT2D eigenvalue weighted by Crippen LogP contribution is 2.33. The van der Waals surface area contributed by atoms with E-state index in [1.54, 1.807) is 0 Å². The molecule has 3 rings (SSSR count). The van der Waals surface area contributed by atoms with Crippen LogP contribution in [0.3, 0.4) is 0 Å². The third-order valence-electron chi connectivity index (χ3n) is 4.61. The first-order valence-corrected chi connectivity index (χ1v) is 8.02. The molecule has 21 heavy (non-hydrogen) atoms. The Hall–Kier alpha value is -1.61. The number of hydrogen-bond donors (Lipinski definition) is 1. The minimum atomic E-state index is 0.132. The normalized spacial score (nSPS) is 22.1. The van der Waals surface area contributed by atoms with Crippen molar-refractivity contribution in [1.29, 1.82) is 0 Å². The summed E-state index contributed by atoms with van der Waals surface area (Å²) in [4.78, 5) is 0. The molecule has 2 atom stereocenters. The van der Waals surface area contributed by atoms with Crippen LogP contribution < -0.4 is 5.73 Å². The van der Waals surface area contributed by atoms with Gasteiger partial charge in [-0.15, -0.1) is 0 Å². The van der Waals surface area contributed by atoms with E-state index in [9.17, 15) is 0 Å². The maximum Gasteiger partial charge on any atom is 0.0628 e. The van der Waals surface area contributed by atoms with Crippen LogP contribution >= 0.6 is 0 Å². The molecule has 0 radical (unpaired) electrons. The molecule has 0 aliphatic heterocycles. The number of rotatable bonds is 3. The van der Waals surface area contributed by atoms with E-state index in [0.29, 0.717) is 12.0 Å². The maximum atomic E-state index is 6.57. The van der Waals surface area contributed by atoms with E-state index in [2.05, 4.69) is 55.5 Å². The summed E-state index contributed by atoms with van der Waals surface area (Å²) in [5, 5.41) is 4.69. The van der Waals surface area contributed by atoms with Crippen LogP contribution in [0.1, 0.15) is 55.6 Å². The lowest BCUT2D eigenvalue weighted by Crippen LogP contribution is -2.23. The summed E-state index contributed by atoms with van der Waals surface area (Å²) >= 11 is 0. The molecule has 0 spiro atoms. The number of fused-ring (bicyclic) bond motifs is 1. The zero-order valence-electron chi connectivity index (χ0n) is 13.0. The van der Waals surface area contributed by atoms with E-state index in [4.69, 9.17) is 5.73 Å². The van der Waals surface area contributed by atoms with Crippen molar-refractivity contribution >= 4 is 0 Å². The van der Waals surface area contributed by atoms with Gasteiger partial charge in [0, 0.05) is 18.3 Å². The zero-order chi connectivity index (χ0) is 14.8. The highest BCUT2D eigenvalue weighted by atomic mass is 15.3. The van der Waals surface area contributed by atoms with Gasteiger partial charge in [0.25, 0.3) is 0 Å². The number of hydrogen-bond acceptors (Lipinski definition) is 2. The first-order chi connectivity index (χ1) is 10.1. The van der Waals surface area contributed by atoms with Crippen LogP contribution in [0.4, 0.5) is 0 Å². The molecular formula is C18H25N3. The third kappa shape index (κ3) is 3.03. The van der Waals surface area contributed by atoms with Gasteiger partial charge < -0.3 is 5.73 Å². The largest absolute Gasteiger partial charge is 0.324 e. The van der Waals surface area contributed by atoms with Gasteiger partial charge in [-0.2, -0.15) is 5.10 Å². The summed E-state index contributed by atoms with van der Waals surface area (Å²) in [5.41, 5.74) is 10.5. The Labute approximate surface area is 127 Å². The second kappa shape index (κ2) is 6.02. The standard InChI is InChI=1S/C18H25N3/c1-13(2)21-11-10-16(20-21)12-15-8-5-7-14-6-3-4-9-17(14)18(15)19/h3-4,6,9-11,13,15,18H,5,7-8,12,19H2,1-2H3. The fraction of sp³-hybridized carbons (Fsp3) is 0.500.